The molecule has 6 heteroatoms. The van der Waals surface area contributed by atoms with Crippen molar-refractivity contribution < 1.29 is 9.53 Å². The highest BCUT2D eigenvalue weighted by molar-refractivity contribution is 5.92. The number of aryl methyl sites for hydroxylation is 3. The summed E-state index contributed by atoms with van der Waals surface area (Å²) in [4.78, 5) is 11.9. The van der Waals surface area contributed by atoms with Gasteiger partial charge in [-0.05, 0) is 50.5 Å². The van der Waals surface area contributed by atoms with E-state index >= 15 is 0 Å². The largest absolute Gasteiger partial charge is 0.385 e. The fraction of sp³-hybridized carbons (Fsp3) is 0.389. The summed E-state index contributed by atoms with van der Waals surface area (Å²) in [6.45, 7) is 7.35. The van der Waals surface area contributed by atoms with Crippen LogP contribution < -0.4 is 10.6 Å². The van der Waals surface area contributed by atoms with Crippen molar-refractivity contribution in [1.82, 2.24) is 15.5 Å². The van der Waals surface area contributed by atoms with Crippen LogP contribution in [0.2, 0.25) is 0 Å². The first kappa shape index (κ1) is 17.9. The molecular weight excluding hydrogens is 304 g/mol. The number of anilines is 2. The molecule has 2 rings (SSSR count). The summed E-state index contributed by atoms with van der Waals surface area (Å²) < 4.78 is 4.94. The summed E-state index contributed by atoms with van der Waals surface area (Å²) in [7, 11) is 1.64. The van der Waals surface area contributed by atoms with Gasteiger partial charge < -0.3 is 15.4 Å². The third-order valence-electron chi connectivity index (χ3n) is 3.64. The van der Waals surface area contributed by atoms with Crippen molar-refractivity contribution >= 4 is 17.4 Å². The predicted octanol–water partition coefficient (Wildman–Crippen LogP) is 2.91. The number of methoxy groups -OCH3 is 1. The molecule has 0 atom stereocenters. The molecule has 0 spiro atoms. The molecule has 0 fully saturated rings. The van der Waals surface area contributed by atoms with E-state index in [9.17, 15) is 4.79 Å². The highest BCUT2D eigenvalue weighted by Gasteiger charge is 2.09. The van der Waals surface area contributed by atoms with Crippen LogP contribution in [-0.2, 0) is 4.74 Å². The minimum absolute atomic E-state index is 0.229. The zero-order valence-electron chi connectivity index (χ0n) is 14.6. The Kier molecular flexibility index (Phi) is 6.26. The lowest BCUT2D eigenvalue weighted by Crippen LogP contribution is -2.26. The fourth-order valence-electron chi connectivity index (χ4n) is 2.53. The molecular formula is C18H24N4O2. The van der Waals surface area contributed by atoms with Gasteiger partial charge in [0.2, 0.25) is 0 Å². The number of amides is 1. The third kappa shape index (κ3) is 4.76. The fourth-order valence-corrected chi connectivity index (χ4v) is 2.53. The highest BCUT2D eigenvalue weighted by Crippen LogP contribution is 2.24. The zero-order valence-corrected chi connectivity index (χ0v) is 14.6. The number of rotatable bonds is 7. The standard InChI is InChI=1S/C18H24N4O2/c1-12-10-13(2)17(14(3)11-12)20-16-7-6-15(21-22-16)18(23)19-8-5-9-24-4/h6-7,10-11H,5,8-9H2,1-4H3,(H,19,23)(H,20,22). The maximum absolute atomic E-state index is 11.9. The zero-order chi connectivity index (χ0) is 17.5. The third-order valence-corrected chi connectivity index (χ3v) is 3.64. The van der Waals surface area contributed by atoms with Gasteiger partial charge in [0.05, 0.1) is 0 Å². The first-order valence-corrected chi connectivity index (χ1v) is 7.97. The second-order valence-electron chi connectivity index (χ2n) is 5.80. The minimum atomic E-state index is -0.229. The van der Waals surface area contributed by atoms with Crippen molar-refractivity contribution in [2.24, 2.45) is 0 Å². The molecule has 1 aromatic carbocycles. The summed E-state index contributed by atoms with van der Waals surface area (Å²) in [5.41, 5.74) is 4.84. The molecule has 128 valence electrons. The molecule has 0 radical (unpaired) electrons. The summed E-state index contributed by atoms with van der Waals surface area (Å²) in [5, 5.41) is 14.1. The minimum Gasteiger partial charge on any atom is -0.385 e. The van der Waals surface area contributed by atoms with Crippen LogP contribution in [0.4, 0.5) is 11.5 Å². The number of nitrogens with zero attached hydrogens (tertiary/aromatic N) is 2. The molecule has 0 saturated heterocycles. The van der Waals surface area contributed by atoms with Gasteiger partial charge in [-0.25, -0.2) is 0 Å². The Labute approximate surface area is 142 Å². The molecule has 0 aliphatic carbocycles. The van der Waals surface area contributed by atoms with Crippen molar-refractivity contribution in [2.75, 3.05) is 25.6 Å². The number of hydrogen-bond donors (Lipinski definition) is 2. The van der Waals surface area contributed by atoms with Gasteiger partial charge in [-0.1, -0.05) is 17.7 Å². The van der Waals surface area contributed by atoms with Crippen LogP contribution in [0.3, 0.4) is 0 Å². The van der Waals surface area contributed by atoms with Gasteiger partial charge in [-0.2, -0.15) is 0 Å². The van der Waals surface area contributed by atoms with E-state index in [1.807, 2.05) is 0 Å². The first-order valence-electron chi connectivity index (χ1n) is 7.97. The average molecular weight is 328 g/mol. The van der Waals surface area contributed by atoms with Gasteiger partial charge in [0, 0.05) is 25.9 Å². The van der Waals surface area contributed by atoms with Gasteiger partial charge in [-0.15, -0.1) is 10.2 Å². The average Bonchev–Trinajstić information content (AvgIpc) is 2.55. The van der Waals surface area contributed by atoms with Crippen LogP contribution in [0.1, 0.15) is 33.6 Å². The first-order chi connectivity index (χ1) is 11.5. The molecule has 1 heterocycles. The normalized spacial score (nSPS) is 10.5. The molecule has 1 amide bonds. The Balaban J connectivity index is 2.01. The predicted molar refractivity (Wildman–Crippen MR) is 94.8 cm³/mol. The molecule has 6 nitrogen and oxygen atoms in total. The van der Waals surface area contributed by atoms with Crippen LogP contribution in [0.5, 0.6) is 0 Å². The quantitative estimate of drug-likeness (QED) is 0.764. The van der Waals surface area contributed by atoms with E-state index in [0.717, 1.165) is 23.2 Å². The highest BCUT2D eigenvalue weighted by atomic mass is 16.5. The Morgan fingerprint density at radius 3 is 2.42 bits per heavy atom. The number of carbonyl (C=O) groups excluding carboxylic acids is 1. The van der Waals surface area contributed by atoms with E-state index in [0.29, 0.717) is 24.7 Å². The van der Waals surface area contributed by atoms with Crippen LogP contribution >= 0.6 is 0 Å². The van der Waals surface area contributed by atoms with Crippen LogP contribution in [0, 0.1) is 20.8 Å². The number of benzene rings is 1. The summed E-state index contributed by atoms with van der Waals surface area (Å²) in [6, 6.07) is 7.66. The Morgan fingerprint density at radius 2 is 1.83 bits per heavy atom. The number of nitrogens with one attached hydrogen (secondary N) is 2. The van der Waals surface area contributed by atoms with E-state index < -0.39 is 0 Å². The molecule has 2 N–H and O–H groups in total. The van der Waals surface area contributed by atoms with Crippen molar-refractivity contribution in [3.8, 4) is 0 Å². The number of aromatic nitrogens is 2. The van der Waals surface area contributed by atoms with Gasteiger partial charge in [0.15, 0.2) is 11.5 Å². The molecule has 1 aromatic heterocycles. The summed E-state index contributed by atoms with van der Waals surface area (Å²) in [5.74, 6) is 0.383. The van der Waals surface area contributed by atoms with E-state index in [4.69, 9.17) is 4.74 Å². The summed E-state index contributed by atoms with van der Waals surface area (Å²) >= 11 is 0. The van der Waals surface area contributed by atoms with Crippen LogP contribution in [0.25, 0.3) is 0 Å². The lowest BCUT2D eigenvalue weighted by Gasteiger charge is -2.13. The van der Waals surface area contributed by atoms with E-state index in [2.05, 4.69) is 53.7 Å². The molecule has 0 saturated carbocycles. The van der Waals surface area contributed by atoms with Crippen molar-refractivity contribution in [1.29, 1.82) is 0 Å². The topological polar surface area (TPSA) is 76.1 Å². The smallest absolute Gasteiger partial charge is 0.271 e. The molecule has 2 aromatic rings. The monoisotopic (exact) mass is 328 g/mol. The van der Waals surface area contributed by atoms with Crippen LogP contribution in [0.15, 0.2) is 24.3 Å². The van der Waals surface area contributed by atoms with Crippen molar-refractivity contribution in [2.45, 2.75) is 27.2 Å². The Hall–Kier alpha value is -2.47. The number of ether oxygens (including phenoxy) is 1. The van der Waals surface area contributed by atoms with Gasteiger partial charge in [-0.3, -0.25) is 4.79 Å². The van der Waals surface area contributed by atoms with E-state index in [1.54, 1.807) is 19.2 Å². The molecule has 0 unspecified atom stereocenters. The summed E-state index contributed by atoms with van der Waals surface area (Å²) in [6.07, 6.45) is 0.765. The maximum atomic E-state index is 11.9. The van der Waals surface area contributed by atoms with Gasteiger partial charge >= 0.3 is 0 Å². The van der Waals surface area contributed by atoms with E-state index in [-0.39, 0.29) is 5.91 Å². The number of hydrogen-bond acceptors (Lipinski definition) is 5. The Bertz CT molecular complexity index is 676. The Morgan fingerprint density at radius 1 is 1.12 bits per heavy atom. The molecule has 24 heavy (non-hydrogen) atoms. The lowest BCUT2D eigenvalue weighted by molar-refractivity contribution is 0.0942. The second kappa shape index (κ2) is 8.40. The maximum Gasteiger partial charge on any atom is 0.271 e. The van der Waals surface area contributed by atoms with Crippen molar-refractivity contribution in [3.05, 3.63) is 46.6 Å². The lowest BCUT2D eigenvalue weighted by atomic mass is 10.1. The van der Waals surface area contributed by atoms with E-state index in [1.165, 1.54) is 5.56 Å². The number of carbonyl (C=O) groups is 1. The molecule has 0 bridgehead atoms. The SMILES string of the molecule is COCCCNC(=O)c1ccc(Nc2c(C)cc(C)cc2C)nn1. The molecule has 0 aliphatic heterocycles. The van der Waals surface area contributed by atoms with Gasteiger partial charge in [0.1, 0.15) is 0 Å². The van der Waals surface area contributed by atoms with Gasteiger partial charge in [0.25, 0.3) is 5.91 Å². The second-order valence-corrected chi connectivity index (χ2v) is 5.80. The van der Waals surface area contributed by atoms with Crippen molar-refractivity contribution in [3.63, 3.8) is 0 Å². The van der Waals surface area contributed by atoms with Crippen LogP contribution in [-0.4, -0.2) is 36.4 Å². The molecule has 0 aliphatic rings.